The van der Waals surface area contributed by atoms with Crippen LogP contribution in [-0.4, -0.2) is 23.2 Å². The van der Waals surface area contributed by atoms with Gasteiger partial charge in [0.1, 0.15) is 22.6 Å². The first-order valence-corrected chi connectivity index (χ1v) is 12.5. The van der Waals surface area contributed by atoms with E-state index in [4.69, 9.17) is 14.2 Å². The molecule has 2 aromatic carbocycles. The number of hydrogen-bond acceptors (Lipinski definition) is 6. The summed E-state index contributed by atoms with van der Waals surface area (Å²) in [6, 6.07) is 10.4. The monoisotopic (exact) mass is 521 g/mol. The van der Waals surface area contributed by atoms with Crippen LogP contribution >= 0.6 is 11.3 Å². The van der Waals surface area contributed by atoms with E-state index in [0.29, 0.717) is 28.5 Å². The first-order valence-electron chi connectivity index (χ1n) is 11.6. The molecule has 3 rings (SSSR count). The Kier molecular flexibility index (Phi) is 8.33. The number of halogens is 3. The van der Waals surface area contributed by atoms with Crippen molar-refractivity contribution < 1.29 is 32.2 Å². The van der Waals surface area contributed by atoms with Crippen molar-refractivity contribution in [3.8, 4) is 22.1 Å². The molecule has 36 heavy (non-hydrogen) atoms. The lowest BCUT2D eigenvalue weighted by Crippen LogP contribution is -2.39. The zero-order chi connectivity index (χ0) is 26.7. The average molecular weight is 522 g/mol. The van der Waals surface area contributed by atoms with Gasteiger partial charge in [-0.1, -0.05) is 19.1 Å². The Morgan fingerprint density at radius 3 is 2.28 bits per heavy atom. The second kappa shape index (κ2) is 10.9. The van der Waals surface area contributed by atoms with Gasteiger partial charge < -0.3 is 14.2 Å². The molecule has 0 aliphatic heterocycles. The lowest BCUT2D eigenvalue weighted by atomic mass is 10.1. The molecule has 0 amide bonds. The lowest BCUT2D eigenvalue weighted by molar-refractivity contribution is -0.158. The first kappa shape index (κ1) is 27.5. The molecule has 0 saturated carbocycles. The standard InChI is InChI=1S/C27H30F3NO4S/c1-7-21(23-17(4)31-24(36-23)18-9-11-19(12-10-18)27(28,29)30)34-20-13-14-22(16(3)15-20)35-26(5,6)25(32)33-8-2/h9-15,21H,7-8H2,1-6H3. The number of ether oxygens (including phenoxy) is 3. The van der Waals surface area contributed by atoms with Crippen LogP contribution in [-0.2, 0) is 15.7 Å². The van der Waals surface area contributed by atoms with Crippen molar-refractivity contribution in [1.29, 1.82) is 0 Å². The van der Waals surface area contributed by atoms with Gasteiger partial charge >= 0.3 is 12.1 Å². The molecule has 1 atom stereocenters. The molecule has 1 unspecified atom stereocenters. The van der Waals surface area contributed by atoms with Gasteiger partial charge in [0.05, 0.1) is 22.7 Å². The molecule has 5 nitrogen and oxygen atoms in total. The van der Waals surface area contributed by atoms with Gasteiger partial charge in [0, 0.05) is 5.56 Å². The van der Waals surface area contributed by atoms with Crippen LogP contribution in [0.15, 0.2) is 42.5 Å². The molecule has 1 heterocycles. The molecule has 0 saturated heterocycles. The van der Waals surface area contributed by atoms with Crippen molar-refractivity contribution in [3.05, 3.63) is 64.2 Å². The largest absolute Gasteiger partial charge is 0.485 e. The van der Waals surface area contributed by atoms with Crippen molar-refractivity contribution in [3.63, 3.8) is 0 Å². The fraction of sp³-hybridized carbons (Fsp3) is 0.407. The summed E-state index contributed by atoms with van der Waals surface area (Å²) in [5.74, 6) is 0.733. The number of nitrogens with zero attached hydrogens (tertiary/aromatic N) is 1. The highest BCUT2D eigenvalue weighted by molar-refractivity contribution is 7.15. The molecule has 0 aliphatic rings. The molecule has 194 valence electrons. The first-order chi connectivity index (χ1) is 16.9. The summed E-state index contributed by atoms with van der Waals surface area (Å²) in [6.45, 7) is 11.1. The fourth-order valence-electron chi connectivity index (χ4n) is 3.55. The third-order valence-corrected chi connectivity index (χ3v) is 6.81. The number of hydrogen-bond donors (Lipinski definition) is 0. The highest BCUT2D eigenvalue weighted by atomic mass is 32.1. The van der Waals surface area contributed by atoms with Crippen LogP contribution in [0.25, 0.3) is 10.6 Å². The third-order valence-electron chi connectivity index (χ3n) is 5.51. The van der Waals surface area contributed by atoms with Gasteiger partial charge in [0.25, 0.3) is 0 Å². The molecule has 9 heteroatoms. The van der Waals surface area contributed by atoms with E-state index in [2.05, 4.69) is 4.98 Å². The molecule has 0 aliphatic carbocycles. The number of thiazole rings is 1. The van der Waals surface area contributed by atoms with E-state index < -0.39 is 23.3 Å². The Bertz CT molecular complexity index is 1200. The van der Waals surface area contributed by atoms with E-state index in [9.17, 15) is 18.0 Å². The zero-order valence-electron chi connectivity index (χ0n) is 21.2. The van der Waals surface area contributed by atoms with Crippen LogP contribution in [0.4, 0.5) is 13.2 Å². The van der Waals surface area contributed by atoms with E-state index in [1.54, 1.807) is 32.9 Å². The Morgan fingerprint density at radius 2 is 1.72 bits per heavy atom. The summed E-state index contributed by atoms with van der Waals surface area (Å²) in [5.41, 5.74) is 0.367. The normalized spacial score (nSPS) is 12.8. The van der Waals surface area contributed by atoms with Gasteiger partial charge in [-0.25, -0.2) is 9.78 Å². The summed E-state index contributed by atoms with van der Waals surface area (Å²) in [6.07, 6.45) is -3.99. The van der Waals surface area contributed by atoms with E-state index in [-0.39, 0.29) is 12.7 Å². The van der Waals surface area contributed by atoms with Crippen LogP contribution in [0.3, 0.4) is 0 Å². The maximum absolute atomic E-state index is 12.9. The number of aryl methyl sites for hydroxylation is 2. The number of alkyl halides is 3. The molecule has 0 spiro atoms. The zero-order valence-corrected chi connectivity index (χ0v) is 22.0. The molecule has 1 aromatic heterocycles. The van der Waals surface area contributed by atoms with Crippen molar-refractivity contribution in [2.45, 2.75) is 65.8 Å². The minimum absolute atomic E-state index is 0.271. The van der Waals surface area contributed by atoms with Crippen LogP contribution in [0, 0.1) is 13.8 Å². The van der Waals surface area contributed by atoms with Crippen LogP contribution < -0.4 is 9.47 Å². The number of benzene rings is 2. The number of carbonyl (C=O) groups excluding carboxylic acids is 1. The van der Waals surface area contributed by atoms with E-state index in [0.717, 1.165) is 28.3 Å². The minimum atomic E-state index is -4.38. The van der Waals surface area contributed by atoms with Gasteiger partial charge in [0.15, 0.2) is 5.60 Å². The smallest absolute Gasteiger partial charge is 0.416 e. The number of carbonyl (C=O) groups is 1. The Hall–Kier alpha value is -3.07. The Morgan fingerprint density at radius 1 is 1.06 bits per heavy atom. The van der Waals surface area contributed by atoms with Crippen molar-refractivity contribution in [2.24, 2.45) is 0 Å². The minimum Gasteiger partial charge on any atom is -0.485 e. The van der Waals surface area contributed by atoms with Crippen LogP contribution in [0.1, 0.15) is 61.9 Å². The fourth-order valence-corrected chi connectivity index (χ4v) is 4.73. The molecule has 0 radical (unpaired) electrons. The molecule has 0 fully saturated rings. The Balaban J connectivity index is 1.78. The second-order valence-electron chi connectivity index (χ2n) is 8.82. The maximum Gasteiger partial charge on any atom is 0.416 e. The molecular formula is C27H30F3NO4S. The average Bonchev–Trinajstić information content (AvgIpc) is 3.20. The predicted octanol–water partition coefficient (Wildman–Crippen LogP) is 7.70. The van der Waals surface area contributed by atoms with Gasteiger partial charge in [-0.05, 0) is 76.9 Å². The number of rotatable bonds is 9. The summed E-state index contributed by atoms with van der Waals surface area (Å²) in [7, 11) is 0. The maximum atomic E-state index is 12.9. The number of esters is 1. The molecule has 0 bridgehead atoms. The third kappa shape index (κ3) is 6.37. The Labute approximate surface area is 213 Å². The SMILES string of the molecule is CCOC(=O)C(C)(C)Oc1ccc(OC(CC)c2sc(-c3ccc(C(F)(F)F)cc3)nc2C)cc1C. The molecule has 3 aromatic rings. The van der Waals surface area contributed by atoms with Crippen LogP contribution in [0.2, 0.25) is 0 Å². The van der Waals surface area contributed by atoms with E-state index in [1.807, 2.05) is 26.8 Å². The summed E-state index contributed by atoms with van der Waals surface area (Å²) in [5, 5.41) is 0.638. The summed E-state index contributed by atoms with van der Waals surface area (Å²) in [4.78, 5) is 17.7. The molecular weight excluding hydrogens is 491 g/mol. The highest BCUT2D eigenvalue weighted by Crippen LogP contribution is 2.38. The lowest BCUT2D eigenvalue weighted by Gasteiger charge is -2.25. The highest BCUT2D eigenvalue weighted by Gasteiger charge is 2.32. The topological polar surface area (TPSA) is 57.7 Å². The van der Waals surface area contributed by atoms with E-state index in [1.165, 1.54) is 23.5 Å². The molecule has 0 N–H and O–H groups in total. The van der Waals surface area contributed by atoms with Crippen LogP contribution in [0.5, 0.6) is 11.5 Å². The summed E-state index contributed by atoms with van der Waals surface area (Å²) >= 11 is 1.41. The predicted molar refractivity (Wildman–Crippen MR) is 133 cm³/mol. The second-order valence-corrected chi connectivity index (χ2v) is 9.85. The van der Waals surface area contributed by atoms with Gasteiger partial charge in [-0.15, -0.1) is 11.3 Å². The van der Waals surface area contributed by atoms with Crippen molar-refractivity contribution in [1.82, 2.24) is 4.98 Å². The summed E-state index contributed by atoms with van der Waals surface area (Å²) < 4.78 is 55.9. The van der Waals surface area contributed by atoms with Gasteiger partial charge in [-0.2, -0.15) is 13.2 Å². The quantitative estimate of drug-likeness (QED) is 0.270. The van der Waals surface area contributed by atoms with Crippen molar-refractivity contribution in [2.75, 3.05) is 6.61 Å². The van der Waals surface area contributed by atoms with Gasteiger partial charge in [0.2, 0.25) is 0 Å². The number of aromatic nitrogens is 1. The van der Waals surface area contributed by atoms with Crippen molar-refractivity contribution >= 4 is 17.3 Å². The van der Waals surface area contributed by atoms with Gasteiger partial charge in [-0.3, -0.25) is 0 Å². The van der Waals surface area contributed by atoms with E-state index >= 15 is 0 Å².